The minimum atomic E-state index is -0.185. The van der Waals surface area contributed by atoms with Crippen LogP contribution in [0.1, 0.15) is 33.6 Å². The van der Waals surface area contributed by atoms with Crippen molar-refractivity contribution in [2.24, 2.45) is 5.92 Å². The van der Waals surface area contributed by atoms with Crippen LogP contribution in [0.15, 0.2) is 29.2 Å². The number of rotatable bonds is 6. The summed E-state index contributed by atoms with van der Waals surface area (Å²) in [5.41, 5.74) is 0. The monoisotopic (exact) mass is 382 g/mol. The van der Waals surface area contributed by atoms with Gasteiger partial charge in [-0.05, 0) is 45.7 Å². The van der Waals surface area contributed by atoms with Crippen molar-refractivity contribution in [3.05, 3.63) is 29.3 Å². The van der Waals surface area contributed by atoms with Crippen LogP contribution < -0.4 is 0 Å². The van der Waals surface area contributed by atoms with Crippen LogP contribution in [0.2, 0.25) is 5.02 Å². The second kappa shape index (κ2) is 9.48. The predicted molar refractivity (Wildman–Crippen MR) is 104 cm³/mol. The summed E-state index contributed by atoms with van der Waals surface area (Å²) < 4.78 is 0. The average molecular weight is 383 g/mol. The zero-order valence-corrected chi connectivity index (χ0v) is 16.8. The van der Waals surface area contributed by atoms with Crippen molar-refractivity contribution in [1.82, 2.24) is 9.80 Å². The largest absolute Gasteiger partial charge is 0.343 e. The van der Waals surface area contributed by atoms with E-state index in [2.05, 4.69) is 0 Å². The summed E-state index contributed by atoms with van der Waals surface area (Å²) in [6, 6.07) is 7.59. The van der Waals surface area contributed by atoms with Crippen LogP contribution in [0.3, 0.4) is 0 Å². The third kappa shape index (κ3) is 5.14. The summed E-state index contributed by atoms with van der Waals surface area (Å²) in [7, 11) is 0. The number of nitrogens with zero attached hydrogens (tertiary/aromatic N) is 2. The van der Waals surface area contributed by atoms with Crippen molar-refractivity contribution in [2.75, 3.05) is 26.2 Å². The average Bonchev–Trinajstić information content (AvgIpc) is 2.64. The molecule has 1 atom stereocenters. The molecule has 1 aliphatic rings. The Labute approximate surface area is 159 Å². The van der Waals surface area contributed by atoms with Crippen LogP contribution in [0.5, 0.6) is 0 Å². The van der Waals surface area contributed by atoms with Crippen LogP contribution in [0.4, 0.5) is 0 Å². The van der Waals surface area contributed by atoms with Gasteiger partial charge < -0.3 is 9.80 Å². The number of carbonyl (C=O) groups is 2. The van der Waals surface area contributed by atoms with Crippen molar-refractivity contribution in [1.29, 1.82) is 0 Å². The molecule has 0 aromatic heterocycles. The molecule has 1 aromatic carbocycles. The maximum atomic E-state index is 12.7. The summed E-state index contributed by atoms with van der Waals surface area (Å²) >= 11 is 7.67. The van der Waals surface area contributed by atoms with E-state index in [4.69, 9.17) is 11.6 Å². The maximum Gasteiger partial charge on any atom is 0.235 e. The smallest absolute Gasteiger partial charge is 0.235 e. The summed E-state index contributed by atoms with van der Waals surface area (Å²) in [4.78, 5) is 29.9. The molecule has 4 nitrogen and oxygen atoms in total. The number of carbonyl (C=O) groups excluding carboxylic acids is 2. The third-order valence-corrected chi connectivity index (χ3v) is 6.33. The lowest BCUT2D eigenvalue weighted by atomic mass is 9.95. The van der Waals surface area contributed by atoms with Gasteiger partial charge in [0.2, 0.25) is 11.8 Å². The molecule has 0 spiro atoms. The summed E-state index contributed by atoms with van der Waals surface area (Å²) in [6.45, 7) is 8.75. The molecule has 0 radical (unpaired) electrons. The first-order chi connectivity index (χ1) is 12.0. The minimum absolute atomic E-state index is 0.0514. The van der Waals surface area contributed by atoms with Crippen LogP contribution in [0, 0.1) is 5.92 Å². The van der Waals surface area contributed by atoms with E-state index in [-0.39, 0.29) is 23.0 Å². The van der Waals surface area contributed by atoms with Crippen molar-refractivity contribution in [2.45, 2.75) is 43.8 Å². The Bertz CT molecular complexity index is 599. The van der Waals surface area contributed by atoms with Crippen LogP contribution >= 0.6 is 23.4 Å². The van der Waals surface area contributed by atoms with Crippen molar-refractivity contribution >= 4 is 35.2 Å². The molecule has 2 rings (SSSR count). The first-order valence-corrected chi connectivity index (χ1v) is 10.2. The topological polar surface area (TPSA) is 40.6 Å². The summed E-state index contributed by atoms with van der Waals surface area (Å²) in [5.74, 6) is 0.407. The highest BCUT2D eigenvalue weighted by molar-refractivity contribution is 8.00. The molecule has 6 heteroatoms. The van der Waals surface area contributed by atoms with Gasteiger partial charge in [-0.2, -0.15) is 0 Å². The first-order valence-electron chi connectivity index (χ1n) is 8.96. The fourth-order valence-corrected chi connectivity index (χ4v) is 4.42. The van der Waals surface area contributed by atoms with Gasteiger partial charge in [-0.25, -0.2) is 0 Å². The maximum absolute atomic E-state index is 12.7. The number of hydrogen-bond acceptors (Lipinski definition) is 3. The molecule has 0 bridgehead atoms. The van der Waals surface area contributed by atoms with Gasteiger partial charge in [-0.3, -0.25) is 9.59 Å². The first kappa shape index (κ1) is 20.1. The van der Waals surface area contributed by atoms with E-state index in [9.17, 15) is 9.59 Å². The molecule has 1 fully saturated rings. The quantitative estimate of drug-likeness (QED) is 0.700. The Hall–Kier alpha value is -1.20. The van der Waals surface area contributed by atoms with E-state index >= 15 is 0 Å². The lowest BCUT2D eigenvalue weighted by molar-refractivity contribution is -0.140. The molecule has 0 aliphatic carbocycles. The highest BCUT2D eigenvalue weighted by Crippen LogP contribution is 2.31. The Morgan fingerprint density at radius 3 is 2.40 bits per heavy atom. The summed E-state index contributed by atoms with van der Waals surface area (Å²) in [6.07, 6.45) is 1.51. The van der Waals surface area contributed by atoms with Crippen LogP contribution in [-0.4, -0.2) is 53.0 Å². The number of halogens is 1. The standard InChI is InChI=1S/C19H27ClN2O2S/c1-4-21(5-2)19(24)15-10-12-22(13-11-15)18(23)14(3)25-17-9-7-6-8-16(17)20/h6-9,14-15H,4-5,10-13H2,1-3H3. The second-order valence-corrected chi connectivity index (χ2v) is 8.09. The third-order valence-electron chi connectivity index (χ3n) is 4.72. The lowest BCUT2D eigenvalue weighted by Gasteiger charge is -2.34. The number of hydrogen-bond donors (Lipinski definition) is 0. The van der Waals surface area contributed by atoms with Gasteiger partial charge in [0.25, 0.3) is 0 Å². The van der Waals surface area contributed by atoms with Gasteiger partial charge in [0.1, 0.15) is 0 Å². The molecule has 1 aliphatic heterocycles. The SMILES string of the molecule is CCN(CC)C(=O)C1CCN(C(=O)C(C)Sc2ccccc2Cl)CC1. The second-order valence-electron chi connectivity index (χ2n) is 6.30. The van der Waals surface area contributed by atoms with E-state index in [0.717, 1.165) is 30.8 Å². The molecule has 25 heavy (non-hydrogen) atoms. The zero-order chi connectivity index (χ0) is 18.4. The molecule has 0 N–H and O–H groups in total. The molecule has 1 saturated heterocycles. The Morgan fingerprint density at radius 2 is 1.84 bits per heavy atom. The normalized spacial score (nSPS) is 16.6. The fourth-order valence-electron chi connectivity index (χ4n) is 3.18. The Morgan fingerprint density at radius 1 is 1.24 bits per heavy atom. The molecule has 2 amide bonds. The van der Waals surface area contributed by atoms with Gasteiger partial charge in [-0.15, -0.1) is 11.8 Å². The Kier molecular flexibility index (Phi) is 7.63. The Balaban J connectivity index is 1.88. The fraction of sp³-hybridized carbons (Fsp3) is 0.579. The number of thioether (sulfide) groups is 1. The van der Waals surface area contributed by atoms with Crippen molar-refractivity contribution in [3.8, 4) is 0 Å². The van der Waals surface area contributed by atoms with Gasteiger partial charge in [0.15, 0.2) is 0 Å². The van der Waals surface area contributed by atoms with Crippen LogP contribution in [0.25, 0.3) is 0 Å². The van der Waals surface area contributed by atoms with Crippen molar-refractivity contribution < 1.29 is 9.59 Å². The molecule has 138 valence electrons. The predicted octanol–water partition coefficient (Wildman–Crippen LogP) is 3.93. The molecule has 1 aromatic rings. The molecule has 0 saturated carbocycles. The molecular formula is C19H27ClN2O2S. The van der Waals surface area contributed by atoms with Gasteiger partial charge in [-0.1, -0.05) is 23.7 Å². The number of amides is 2. The molecular weight excluding hydrogens is 356 g/mol. The lowest BCUT2D eigenvalue weighted by Crippen LogP contribution is -2.46. The van der Waals surface area contributed by atoms with Gasteiger partial charge >= 0.3 is 0 Å². The van der Waals surface area contributed by atoms with E-state index in [1.165, 1.54) is 11.8 Å². The van der Waals surface area contributed by atoms with Crippen LogP contribution in [-0.2, 0) is 9.59 Å². The minimum Gasteiger partial charge on any atom is -0.343 e. The number of piperidine rings is 1. The summed E-state index contributed by atoms with van der Waals surface area (Å²) in [5, 5.41) is 0.491. The number of benzene rings is 1. The van der Waals surface area contributed by atoms with E-state index in [1.54, 1.807) is 0 Å². The van der Waals surface area contributed by atoms with Crippen molar-refractivity contribution in [3.63, 3.8) is 0 Å². The van der Waals surface area contributed by atoms with E-state index in [1.807, 2.05) is 54.8 Å². The molecule has 1 unspecified atom stereocenters. The van der Waals surface area contributed by atoms with E-state index in [0.29, 0.717) is 18.1 Å². The van der Waals surface area contributed by atoms with Gasteiger partial charge in [0.05, 0.1) is 10.3 Å². The zero-order valence-electron chi connectivity index (χ0n) is 15.2. The van der Waals surface area contributed by atoms with E-state index < -0.39 is 0 Å². The highest BCUT2D eigenvalue weighted by Gasteiger charge is 2.31. The molecule has 1 heterocycles. The van der Waals surface area contributed by atoms with Gasteiger partial charge in [0, 0.05) is 37.0 Å². The number of likely N-dealkylation sites (tertiary alicyclic amines) is 1. The highest BCUT2D eigenvalue weighted by atomic mass is 35.5.